The summed E-state index contributed by atoms with van der Waals surface area (Å²) in [5.74, 6) is -0.172. The summed E-state index contributed by atoms with van der Waals surface area (Å²) in [5.41, 5.74) is 3.75. The number of aromatic nitrogens is 1. The Kier molecular flexibility index (Phi) is 5.06. The fourth-order valence-corrected chi connectivity index (χ4v) is 5.03. The number of likely N-dealkylation sites (N-methyl/N-ethyl adjacent to an activating group) is 1. The zero-order valence-corrected chi connectivity index (χ0v) is 17.6. The van der Waals surface area contributed by atoms with Crippen molar-refractivity contribution in [3.8, 4) is 0 Å². The number of carbonyl (C=O) groups is 1. The fourth-order valence-electron chi connectivity index (χ4n) is 3.95. The number of rotatable bonds is 4. The minimum absolute atomic E-state index is 0.00694. The highest BCUT2D eigenvalue weighted by Gasteiger charge is 2.32. The first-order chi connectivity index (χ1) is 14.7. The zero-order chi connectivity index (χ0) is 20.5. The molecule has 1 aromatic heterocycles. The van der Waals surface area contributed by atoms with E-state index in [9.17, 15) is 4.79 Å². The number of carbonyl (C=O) groups excluding carboxylic acids is 1. The molecule has 2 aliphatic heterocycles. The molecule has 0 saturated heterocycles. The number of para-hydroxylation sites is 1. The molecule has 2 aliphatic rings. The lowest BCUT2D eigenvalue weighted by molar-refractivity contribution is -0.110. The third-order valence-electron chi connectivity index (χ3n) is 5.52. The van der Waals surface area contributed by atoms with Crippen LogP contribution in [0.4, 0.5) is 10.8 Å². The molecule has 6 nitrogen and oxygen atoms in total. The first kappa shape index (κ1) is 19.0. The van der Waals surface area contributed by atoms with Crippen LogP contribution in [0.2, 0.25) is 0 Å². The molecule has 2 aromatic carbocycles. The highest BCUT2D eigenvalue weighted by molar-refractivity contribution is 7.16. The Morgan fingerprint density at radius 1 is 1.10 bits per heavy atom. The van der Waals surface area contributed by atoms with Gasteiger partial charge in [0.25, 0.3) is 5.91 Å². The summed E-state index contributed by atoms with van der Waals surface area (Å²) in [5, 5.41) is 10.3. The highest BCUT2D eigenvalue weighted by atomic mass is 32.1. The average molecular weight is 418 g/mol. The molecule has 152 valence electrons. The van der Waals surface area contributed by atoms with Crippen LogP contribution in [-0.4, -0.2) is 35.1 Å². The van der Waals surface area contributed by atoms with Crippen molar-refractivity contribution in [2.24, 2.45) is 5.10 Å². The number of fused-ring (bicyclic) bond motifs is 1. The summed E-state index contributed by atoms with van der Waals surface area (Å²) >= 11 is 1.57. The van der Waals surface area contributed by atoms with Crippen molar-refractivity contribution in [2.45, 2.75) is 25.4 Å². The second-order valence-electron chi connectivity index (χ2n) is 7.69. The molecular formula is C23H23N5OS. The molecule has 0 aliphatic carbocycles. The maximum atomic E-state index is 13.0. The number of thiazole rings is 1. The fraction of sp³-hybridized carbons (Fsp3) is 0.261. The molecule has 3 heterocycles. The van der Waals surface area contributed by atoms with Gasteiger partial charge < -0.3 is 4.90 Å². The Morgan fingerprint density at radius 3 is 2.60 bits per heavy atom. The van der Waals surface area contributed by atoms with Crippen LogP contribution in [0.25, 0.3) is 0 Å². The molecule has 3 aromatic rings. The molecule has 5 rings (SSSR count). The first-order valence-corrected chi connectivity index (χ1v) is 10.9. The molecule has 7 heteroatoms. The zero-order valence-electron chi connectivity index (χ0n) is 16.8. The molecule has 1 N–H and O–H groups in total. The van der Waals surface area contributed by atoms with Crippen LogP contribution in [0, 0.1) is 0 Å². The number of hydrogen-bond donors (Lipinski definition) is 1. The van der Waals surface area contributed by atoms with Gasteiger partial charge in [-0.05, 0) is 24.7 Å². The molecule has 0 unspecified atom stereocenters. The predicted octanol–water partition coefficient (Wildman–Crippen LogP) is 4.08. The van der Waals surface area contributed by atoms with Gasteiger partial charge in [-0.25, -0.2) is 4.98 Å². The minimum Gasteiger partial charge on any atom is -0.301 e. The number of nitrogens with zero attached hydrogens (tertiary/aromatic N) is 4. The number of anilines is 2. The van der Waals surface area contributed by atoms with E-state index >= 15 is 0 Å². The third kappa shape index (κ3) is 3.74. The van der Waals surface area contributed by atoms with Crippen LogP contribution in [0.5, 0.6) is 0 Å². The van der Waals surface area contributed by atoms with Crippen molar-refractivity contribution in [3.05, 3.63) is 76.8 Å². The van der Waals surface area contributed by atoms with E-state index in [0.717, 1.165) is 36.5 Å². The van der Waals surface area contributed by atoms with E-state index in [0.29, 0.717) is 17.3 Å². The van der Waals surface area contributed by atoms with Crippen molar-refractivity contribution in [1.82, 2.24) is 9.88 Å². The highest BCUT2D eigenvalue weighted by Crippen LogP contribution is 2.35. The monoisotopic (exact) mass is 417 g/mol. The molecule has 1 amide bonds. The van der Waals surface area contributed by atoms with Crippen LogP contribution < -0.4 is 10.3 Å². The Labute approximate surface area is 179 Å². The van der Waals surface area contributed by atoms with E-state index < -0.39 is 0 Å². The summed E-state index contributed by atoms with van der Waals surface area (Å²) in [6, 6.07) is 20.2. The Hall–Kier alpha value is -3.03. The number of hydrazone groups is 1. The maximum Gasteiger partial charge on any atom is 0.273 e. The van der Waals surface area contributed by atoms with Crippen molar-refractivity contribution < 1.29 is 4.79 Å². The Bertz CT molecular complexity index is 1080. The third-order valence-corrected chi connectivity index (χ3v) is 6.52. The lowest BCUT2D eigenvalue weighted by Crippen LogP contribution is -2.25. The van der Waals surface area contributed by atoms with Crippen molar-refractivity contribution in [2.75, 3.05) is 23.9 Å². The van der Waals surface area contributed by atoms with Gasteiger partial charge in [-0.2, -0.15) is 5.10 Å². The van der Waals surface area contributed by atoms with Gasteiger partial charge in [0.15, 0.2) is 5.13 Å². The summed E-state index contributed by atoms with van der Waals surface area (Å²) in [6.07, 6.45) is 1.48. The standard InChI is InChI=1S/C23H23N5OS/c1-27-13-12-18-21(15-27)30-23(24-18)25-22(29)19-14-20(16-8-4-2-5-9-16)28(26-19)17-10-6-3-7-11-17/h2-11,20H,12-15H2,1H3,(H,24,25,29)/t20-/m0/s1. The van der Waals surface area contributed by atoms with Crippen LogP contribution in [0.3, 0.4) is 0 Å². The van der Waals surface area contributed by atoms with Gasteiger partial charge in [0.05, 0.1) is 17.4 Å². The van der Waals surface area contributed by atoms with Crippen LogP contribution in [-0.2, 0) is 17.8 Å². The quantitative estimate of drug-likeness (QED) is 0.695. The first-order valence-electron chi connectivity index (χ1n) is 10.1. The SMILES string of the molecule is CN1CCc2nc(NC(=O)C3=NN(c4ccccc4)[C@H](c4ccccc4)C3)sc2C1. The molecule has 0 saturated carbocycles. The van der Waals surface area contributed by atoms with Gasteiger partial charge in [-0.15, -0.1) is 11.3 Å². The average Bonchev–Trinajstić information content (AvgIpc) is 3.39. The van der Waals surface area contributed by atoms with Gasteiger partial charge in [0.2, 0.25) is 0 Å². The van der Waals surface area contributed by atoms with E-state index in [1.165, 1.54) is 4.88 Å². The van der Waals surface area contributed by atoms with E-state index in [4.69, 9.17) is 5.10 Å². The van der Waals surface area contributed by atoms with Crippen LogP contribution in [0.1, 0.15) is 28.6 Å². The normalized spacial score (nSPS) is 18.8. The summed E-state index contributed by atoms with van der Waals surface area (Å²) < 4.78 is 0. The van der Waals surface area contributed by atoms with Gasteiger partial charge in [0.1, 0.15) is 5.71 Å². The number of nitrogens with one attached hydrogen (secondary N) is 1. The number of hydrogen-bond acceptors (Lipinski definition) is 6. The van der Waals surface area contributed by atoms with Gasteiger partial charge in [-0.3, -0.25) is 15.1 Å². The summed E-state index contributed by atoms with van der Waals surface area (Å²) in [4.78, 5) is 21.2. The molecule has 0 spiro atoms. The second-order valence-corrected chi connectivity index (χ2v) is 8.77. The Morgan fingerprint density at radius 2 is 1.83 bits per heavy atom. The van der Waals surface area contributed by atoms with Crippen LogP contribution >= 0.6 is 11.3 Å². The largest absolute Gasteiger partial charge is 0.301 e. The molecule has 0 fully saturated rings. The van der Waals surface area contributed by atoms with Gasteiger partial charge >= 0.3 is 0 Å². The van der Waals surface area contributed by atoms with E-state index in [1.807, 2.05) is 53.5 Å². The number of amides is 1. The minimum atomic E-state index is -0.172. The second kappa shape index (κ2) is 8.01. The van der Waals surface area contributed by atoms with Crippen molar-refractivity contribution in [3.63, 3.8) is 0 Å². The summed E-state index contributed by atoms with van der Waals surface area (Å²) in [7, 11) is 2.11. The van der Waals surface area contributed by atoms with Gasteiger partial charge in [0, 0.05) is 30.8 Å². The molecule has 0 radical (unpaired) electrons. The van der Waals surface area contributed by atoms with E-state index in [1.54, 1.807) is 11.3 Å². The molecule has 30 heavy (non-hydrogen) atoms. The molecule has 1 atom stereocenters. The number of benzene rings is 2. The molecular weight excluding hydrogens is 394 g/mol. The Balaban J connectivity index is 1.39. The smallest absolute Gasteiger partial charge is 0.273 e. The topological polar surface area (TPSA) is 60.8 Å². The molecule has 0 bridgehead atoms. The van der Waals surface area contributed by atoms with Crippen molar-refractivity contribution in [1.29, 1.82) is 0 Å². The predicted molar refractivity (Wildman–Crippen MR) is 121 cm³/mol. The van der Waals surface area contributed by atoms with Gasteiger partial charge in [-0.1, -0.05) is 48.5 Å². The summed E-state index contributed by atoms with van der Waals surface area (Å²) in [6.45, 7) is 1.89. The maximum absolute atomic E-state index is 13.0. The van der Waals surface area contributed by atoms with E-state index in [2.05, 4.69) is 34.4 Å². The lowest BCUT2D eigenvalue weighted by atomic mass is 10.0. The van der Waals surface area contributed by atoms with Crippen LogP contribution in [0.15, 0.2) is 65.8 Å². The van der Waals surface area contributed by atoms with Crippen molar-refractivity contribution >= 4 is 33.8 Å². The van der Waals surface area contributed by atoms with E-state index in [-0.39, 0.29) is 11.9 Å². The lowest BCUT2D eigenvalue weighted by Gasteiger charge is -2.23.